The van der Waals surface area contributed by atoms with Crippen molar-refractivity contribution in [2.24, 2.45) is 0 Å². The number of nitrogens with one attached hydrogen (secondary N) is 1. The molecule has 1 N–H and O–H groups in total. The Kier molecular flexibility index (Phi) is 3.97. The lowest BCUT2D eigenvalue weighted by molar-refractivity contribution is 0.102. The zero-order valence-electron chi connectivity index (χ0n) is 11.2. The van der Waals surface area contributed by atoms with Gasteiger partial charge < -0.3 is 5.32 Å². The molecule has 0 aliphatic carbocycles. The Morgan fingerprint density at radius 2 is 1.86 bits per heavy atom. The minimum absolute atomic E-state index is 0.131. The molecule has 1 heterocycles. The first kappa shape index (κ1) is 13.8. The molecule has 1 amide bonds. The van der Waals surface area contributed by atoms with Crippen LogP contribution in [0.5, 0.6) is 0 Å². The van der Waals surface area contributed by atoms with Crippen molar-refractivity contribution >= 4 is 38.4 Å². The number of benzene rings is 2. The summed E-state index contributed by atoms with van der Waals surface area (Å²) in [6, 6.07) is 17.2. The Hall–Kier alpha value is -2.20. The number of hydrogen-bond donors (Lipinski definition) is 1. The van der Waals surface area contributed by atoms with Gasteiger partial charge in [-0.25, -0.2) is 0 Å². The molecule has 21 heavy (non-hydrogen) atoms. The lowest BCUT2D eigenvalue weighted by Gasteiger charge is -2.06. The fourth-order valence-electron chi connectivity index (χ4n) is 2.09. The van der Waals surface area contributed by atoms with Gasteiger partial charge in [0, 0.05) is 16.3 Å². The SMILES string of the molecule is O=C(Nc1cnc2ccccc2c1)c1ccc(CBr)cc1. The van der Waals surface area contributed by atoms with Gasteiger partial charge in [0.1, 0.15) is 0 Å². The Balaban J connectivity index is 1.81. The molecular weight excluding hydrogens is 328 g/mol. The van der Waals surface area contributed by atoms with Crippen molar-refractivity contribution in [1.29, 1.82) is 0 Å². The fraction of sp³-hybridized carbons (Fsp3) is 0.0588. The quantitative estimate of drug-likeness (QED) is 0.718. The predicted molar refractivity (Wildman–Crippen MR) is 88.8 cm³/mol. The first-order valence-electron chi connectivity index (χ1n) is 6.57. The van der Waals surface area contributed by atoms with Crippen molar-refractivity contribution in [3.05, 3.63) is 71.9 Å². The highest BCUT2D eigenvalue weighted by molar-refractivity contribution is 9.08. The van der Waals surface area contributed by atoms with Crippen LogP contribution in [0.1, 0.15) is 15.9 Å². The van der Waals surface area contributed by atoms with Crippen LogP contribution in [-0.4, -0.2) is 10.9 Å². The third-order valence-corrected chi connectivity index (χ3v) is 3.87. The second-order valence-electron chi connectivity index (χ2n) is 4.70. The van der Waals surface area contributed by atoms with Gasteiger partial charge >= 0.3 is 0 Å². The second kappa shape index (κ2) is 6.06. The van der Waals surface area contributed by atoms with Crippen LogP contribution in [0.4, 0.5) is 5.69 Å². The van der Waals surface area contributed by atoms with E-state index in [1.54, 1.807) is 6.20 Å². The highest BCUT2D eigenvalue weighted by atomic mass is 79.9. The molecular formula is C17H13BrN2O. The molecule has 3 rings (SSSR count). The van der Waals surface area contributed by atoms with E-state index in [9.17, 15) is 4.79 Å². The summed E-state index contributed by atoms with van der Waals surface area (Å²) < 4.78 is 0. The molecule has 0 atom stereocenters. The van der Waals surface area contributed by atoms with Crippen LogP contribution in [0.25, 0.3) is 10.9 Å². The van der Waals surface area contributed by atoms with Crippen LogP contribution in [0.15, 0.2) is 60.8 Å². The summed E-state index contributed by atoms with van der Waals surface area (Å²) in [6.45, 7) is 0. The van der Waals surface area contributed by atoms with Crippen molar-refractivity contribution < 1.29 is 4.79 Å². The zero-order valence-corrected chi connectivity index (χ0v) is 12.8. The van der Waals surface area contributed by atoms with Gasteiger partial charge in [-0.05, 0) is 29.8 Å². The molecule has 104 valence electrons. The van der Waals surface area contributed by atoms with E-state index in [4.69, 9.17) is 0 Å². The molecule has 0 aliphatic rings. The van der Waals surface area contributed by atoms with Crippen molar-refractivity contribution in [2.75, 3.05) is 5.32 Å². The van der Waals surface area contributed by atoms with Gasteiger partial charge in [-0.3, -0.25) is 9.78 Å². The molecule has 2 aromatic carbocycles. The number of rotatable bonds is 3. The maximum absolute atomic E-state index is 12.2. The summed E-state index contributed by atoms with van der Waals surface area (Å²) in [5, 5.41) is 4.66. The first-order chi connectivity index (χ1) is 10.3. The molecule has 3 aromatic rings. The van der Waals surface area contributed by atoms with Gasteiger partial charge in [-0.2, -0.15) is 0 Å². The number of nitrogens with zero attached hydrogens (tertiary/aromatic N) is 1. The smallest absolute Gasteiger partial charge is 0.255 e. The summed E-state index contributed by atoms with van der Waals surface area (Å²) in [4.78, 5) is 16.5. The van der Waals surface area contributed by atoms with Crippen LogP contribution < -0.4 is 5.32 Å². The van der Waals surface area contributed by atoms with Crippen LogP contribution in [-0.2, 0) is 5.33 Å². The minimum atomic E-state index is -0.131. The molecule has 0 aliphatic heterocycles. The molecule has 0 unspecified atom stereocenters. The fourth-order valence-corrected chi connectivity index (χ4v) is 2.46. The number of alkyl halides is 1. The average molecular weight is 341 g/mol. The molecule has 0 saturated heterocycles. The molecule has 0 fully saturated rings. The van der Waals surface area contributed by atoms with E-state index < -0.39 is 0 Å². The Labute approximate surface area is 131 Å². The number of fused-ring (bicyclic) bond motifs is 1. The van der Waals surface area contributed by atoms with Crippen molar-refractivity contribution in [3.8, 4) is 0 Å². The number of amides is 1. The van der Waals surface area contributed by atoms with Crippen molar-refractivity contribution in [3.63, 3.8) is 0 Å². The van der Waals surface area contributed by atoms with Gasteiger partial charge in [0.25, 0.3) is 5.91 Å². The highest BCUT2D eigenvalue weighted by Gasteiger charge is 2.06. The largest absolute Gasteiger partial charge is 0.321 e. The highest BCUT2D eigenvalue weighted by Crippen LogP contribution is 2.17. The third kappa shape index (κ3) is 3.11. The molecule has 0 spiro atoms. The van der Waals surface area contributed by atoms with E-state index >= 15 is 0 Å². The standard InChI is InChI=1S/C17H13BrN2O/c18-10-12-5-7-13(8-6-12)17(21)20-15-9-14-3-1-2-4-16(14)19-11-15/h1-9,11H,10H2,(H,20,21). The van der Waals surface area contributed by atoms with E-state index in [0.29, 0.717) is 11.3 Å². The molecule has 0 bridgehead atoms. The molecule has 4 heteroatoms. The summed E-state index contributed by atoms with van der Waals surface area (Å²) in [7, 11) is 0. The van der Waals surface area contributed by atoms with Gasteiger partial charge in [0.15, 0.2) is 0 Å². The number of hydrogen-bond acceptors (Lipinski definition) is 2. The number of aromatic nitrogens is 1. The van der Waals surface area contributed by atoms with Crippen LogP contribution >= 0.6 is 15.9 Å². The molecule has 3 nitrogen and oxygen atoms in total. The average Bonchev–Trinajstić information content (AvgIpc) is 2.55. The first-order valence-corrected chi connectivity index (χ1v) is 7.69. The van der Waals surface area contributed by atoms with Crippen LogP contribution in [0.3, 0.4) is 0 Å². The Morgan fingerprint density at radius 3 is 2.62 bits per heavy atom. The van der Waals surface area contributed by atoms with E-state index in [-0.39, 0.29) is 5.91 Å². The summed E-state index contributed by atoms with van der Waals surface area (Å²) in [5.74, 6) is -0.131. The van der Waals surface area contributed by atoms with Gasteiger partial charge in [-0.1, -0.05) is 46.3 Å². The van der Waals surface area contributed by atoms with Gasteiger partial charge in [-0.15, -0.1) is 0 Å². The number of carbonyl (C=O) groups is 1. The molecule has 0 radical (unpaired) electrons. The number of halogens is 1. The van der Waals surface area contributed by atoms with E-state index in [0.717, 1.165) is 21.8 Å². The minimum Gasteiger partial charge on any atom is -0.321 e. The van der Waals surface area contributed by atoms with Gasteiger partial charge in [0.05, 0.1) is 17.4 Å². The van der Waals surface area contributed by atoms with E-state index in [1.165, 1.54) is 0 Å². The second-order valence-corrected chi connectivity index (χ2v) is 5.26. The van der Waals surface area contributed by atoms with Crippen LogP contribution in [0.2, 0.25) is 0 Å². The number of carbonyl (C=O) groups excluding carboxylic acids is 1. The Morgan fingerprint density at radius 1 is 1.10 bits per heavy atom. The maximum Gasteiger partial charge on any atom is 0.255 e. The zero-order chi connectivity index (χ0) is 14.7. The van der Waals surface area contributed by atoms with Crippen molar-refractivity contribution in [1.82, 2.24) is 4.98 Å². The van der Waals surface area contributed by atoms with Crippen LogP contribution in [0, 0.1) is 0 Å². The lowest BCUT2D eigenvalue weighted by atomic mass is 10.1. The predicted octanol–water partition coefficient (Wildman–Crippen LogP) is 4.38. The monoisotopic (exact) mass is 340 g/mol. The molecule has 0 saturated carbocycles. The Bertz CT molecular complexity index is 784. The summed E-state index contributed by atoms with van der Waals surface area (Å²) in [5.41, 5.74) is 3.38. The number of para-hydroxylation sites is 1. The number of pyridine rings is 1. The summed E-state index contributed by atoms with van der Waals surface area (Å²) in [6.07, 6.45) is 1.67. The number of anilines is 1. The van der Waals surface area contributed by atoms with E-state index in [1.807, 2.05) is 54.6 Å². The molecule has 1 aromatic heterocycles. The topological polar surface area (TPSA) is 42.0 Å². The van der Waals surface area contributed by atoms with Crippen molar-refractivity contribution in [2.45, 2.75) is 5.33 Å². The normalized spacial score (nSPS) is 10.5. The summed E-state index contributed by atoms with van der Waals surface area (Å²) >= 11 is 3.39. The van der Waals surface area contributed by atoms with E-state index in [2.05, 4.69) is 26.2 Å². The lowest BCUT2D eigenvalue weighted by Crippen LogP contribution is -2.12. The van der Waals surface area contributed by atoms with Gasteiger partial charge in [0.2, 0.25) is 0 Å². The third-order valence-electron chi connectivity index (χ3n) is 3.22. The maximum atomic E-state index is 12.2.